The molecule has 264 valence electrons. The first kappa shape index (κ1) is 41.6. The average molecular weight is 631 g/mol. The summed E-state index contributed by atoms with van der Waals surface area (Å²) < 4.78 is 13.4. The van der Waals surface area contributed by atoms with Gasteiger partial charge in [-0.15, -0.1) is 0 Å². The smallest absolute Gasteiger partial charge is 0.168 e. The lowest BCUT2D eigenvalue weighted by atomic mass is 9.68. The quantitative estimate of drug-likeness (QED) is 0.115. The van der Waals surface area contributed by atoms with E-state index in [-0.39, 0.29) is 21.7 Å². The second-order valence-electron chi connectivity index (χ2n) is 17.9. The highest BCUT2D eigenvalue weighted by atomic mass is 16.5. The number of hydrogen-bond acceptors (Lipinski definition) is 3. The van der Waals surface area contributed by atoms with Crippen molar-refractivity contribution in [3.05, 3.63) is 17.2 Å². The van der Waals surface area contributed by atoms with E-state index in [0.29, 0.717) is 19.0 Å². The number of rotatable bonds is 24. The number of phenols is 1. The second kappa shape index (κ2) is 20.1. The Kier molecular flexibility index (Phi) is 18.6. The second-order valence-corrected chi connectivity index (χ2v) is 17.9. The zero-order chi connectivity index (χ0) is 34.2. The van der Waals surface area contributed by atoms with Gasteiger partial charge in [0.15, 0.2) is 11.5 Å². The Balaban J connectivity index is 3.36. The van der Waals surface area contributed by atoms with E-state index in [9.17, 15) is 5.11 Å². The molecule has 0 bridgehead atoms. The first-order valence-electron chi connectivity index (χ1n) is 19.1. The predicted molar refractivity (Wildman–Crippen MR) is 199 cm³/mol. The van der Waals surface area contributed by atoms with Gasteiger partial charge in [-0.25, -0.2) is 0 Å². The van der Waals surface area contributed by atoms with Crippen LogP contribution in [0.15, 0.2) is 6.07 Å². The minimum absolute atomic E-state index is 0.0973. The first-order valence-corrected chi connectivity index (χ1v) is 19.1. The molecule has 1 rings (SSSR count). The van der Waals surface area contributed by atoms with E-state index in [0.717, 1.165) is 48.3 Å². The van der Waals surface area contributed by atoms with Crippen LogP contribution in [0, 0.1) is 10.8 Å². The molecule has 0 aromatic heterocycles. The Labute approximate surface area is 282 Å². The van der Waals surface area contributed by atoms with Crippen LogP contribution in [0.2, 0.25) is 0 Å². The molecule has 0 fully saturated rings. The molecule has 0 unspecified atom stereocenters. The lowest BCUT2D eigenvalue weighted by molar-refractivity contribution is 0.231. The van der Waals surface area contributed by atoms with Gasteiger partial charge in [-0.1, -0.05) is 173 Å². The van der Waals surface area contributed by atoms with E-state index >= 15 is 0 Å². The van der Waals surface area contributed by atoms with Crippen LogP contribution in [0.4, 0.5) is 0 Å². The zero-order valence-corrected chi connectivity index (χ0v) is 32.5. The third kappa shape index (κ3) is 16.8. The van der Waals surface area contributed by atoms with Crippen LogP contribution in [-0.2, 0) is 10.8 Å². The topological polar surface area (TPSA) is 38.7 Å². The fraction of sp³-hybridized carbons (Fsp3) is 0.857. The zero-order valence-electron chi connectivity index (χ0n) is 32.5. The van der Waals surface area contributed by atoms with Gasteiger partial charge in [0.25, 0.3) is 0 Å². The molecule has 0 saturated carbocycles. The van der Waals surface area contributed by atoms with Crippen molar-refractivity contribution < 1.29 is 14.6 Å². The largest absolute Gasteiger partial charge is 0.507 e. The number of unbranched alkanes of at least 4 members (excludes halogenated alkanes) is 14. The lowest BCUT2D eigenvalue weighted by Gasteiger charge is -2.38. The molecule has 1 aromatic carbocycles. The maximum Gasteiger partial charge on any atom is 0.168 e. The van der Waals surface area contributed by atoms with Gasteiger partial charge in [0.2, 0.25) is 0 Å². The molecule has 0 aliphatic rings. The van der Waals surface area contributed by atoms with Gasteiger partial charge in [-0.3, -0.25) is 0 Å². The number of benzene rings is 1. The summed E-state index contributed by atoms with van der Waals surface area (Å²) in [5.74, 6) is 2.01. The summed E-state index contributed by atoms with van der Waals surface area (Å²) in [6, 6.07) is 2.13. The molecule has 1 aromatic rings. The Morgan fingerprint density at radius 3 is 1.31 bits per heavy atom. The number of ether oxygens (including phenoxy) is 2. The van der Waals surface area contributed by atoms with E-state index in [1.165, 1.54) is 89.9 Å². The van der Waals surface area contributed by atoms with Crippen LogP contribution in [0.3, 0.4) is 0 Å². The SMILES string of the molecule is CCCCCCCCCCOc1cc(C(C)(C)CC(C)(C)C)c(O)c(C(C)(C)CC(C)(C)C)c1OCCCCCCCCCC. The van der Waals surface area contributed by atoms with E-state index in [1.54, 1.807) is 0 Å². The molecular formula is C42H78O3. The molecule has 0 radical (unpaired) electrons. The number of hydrogen-bond donors (Lipinski definition) is 1. The van der Waals surface area contributed by atoms with Gasteiger partial charge in [-0.2, -0.15) is 0 Å². The van der Waals surface area contributed by atoms with Crippen molar-refractivity contribution in [1.29, 1.82) is 0 Å². The Morgan fingerprint density at radius 2 is 0.889 bits per heavy atom. The van der Waals surface area contributed by atoms with Crippen molar-refractivity contribution in [2.75, 3.05) is 13.2 Å². The van der Waals surface area contributed by atoms with Crippen LogP contribution in [0.1, 0.15) is 210 Å². The highest BCUT2D eigenvalue weighted by Crippen LogP contribution is 2.53. The van der Waals surface area contributed by atoms with Gasteiger partial charge in [0, 0.05) is 11.1 Å². The minimum atomic E-state index is -0.290. The fourth-order valence-electron chi connectivity index (χ4n) is 7.69. The molecule has 3 nitrogen and oxygen atoms in total. The van der Waals surface area contributed by atoms with Crippen molar-refractivity contribution in [2.24, 2.45) is 10.8 Å². The molecule has 3 heteroatoms. The van der Waals surface area contributed by atoms with Crippen molar-refractivity contribution >= 4 is 0 Å². The van der Waals surface area contributed by atoms with Crippen LogP contribution in [0.5, 0.6) is 17.2 Å². The number of aromatic hydroxyl groups is 1. The maximum absolute atomic E-state index is 12.2. The molecule has 0 aliphatic carbocycles. The van der Waals surface area contributed by atoms with Gasteiger partial charge in [-0.05, 0) is 53.4 Å². The molecule has 0 spiro atoms. The monoisotopic (exact) mass is 631 g/mol. The predicted octanol–water partition coefficient (Wildman–Crippen LogP) is 13.9. The maximum atomic E-state index is 12.2. The number of phenolic OH excluding ortho intramolecular Hbond substituents is 1. The summed E-state index contributed by atoms with van der Waals surface area (Å²) in [5, 5.41) is 12.2. The minimum Gasteiger partial charge on any atom is -0.507 e. The molecule has 0 amide bonds. The summed E-state index contributed by atoms with van der Waals surface area (Å²) in [6.07, 6.45) is 22.2. The van der Waals surface area contributed by atoms with Crippen LogP contribution in [-0.4, -0.2) is 18.3 Å². The summed E-state index contributed by atoms with van der Waals surface area (Å²) in [4.78, 5) is 0. The molecule has 0 aliphatic heterocycles. The fourth-order valence-corrected chi connectivity index (χ4v) is 7.69. The Morgan fingerprint density at radius 1 is 0.511 bits per heavy atom. The van der Waals surface area contributed by atoms with Crippen LogP contribution < -0.4 is 9.47 Å². The van der Waals surface area contributed by atoms with E-state index < -0.39 is 0 Å². The average Bonchev–Trinajstić information content (AvgIpc) is 2.89. The first-order chi connectivity index (χ1) is 20.9. The third-order valence-electron chi connectivity index (χ3n) is 9.07. The molecule has 0 heterocycles. The highest BCUT2D eigenvalue weighted by Gasteiger charge is 2.39. The Bertz CT molecular complexity index is 929. The summed E-state index contributed by atoms with van der Waals surface area (Å²) in [7, 11) is 0. The van der Waals surface area contributed by atoms with Crippen molar-refractivity contribution in [2.45, 2.75) is 209 Å². The third-order valence-corrected chi connectivity index (χ3v) is 9.07. The van der Waals surface area contributed by atoms with Crippen molar-refractivity contribution in [3.63, 3.8) is 0 Å². The van der Waals surface area contributed by atoms with Crippen molar-refractivity contribution in [1.82, 2.24) is 0 Å². The van der Waals surface area contributed by atoms with Gasteiger partial charge >= 0.3 is 0 Å². The van der Waals surface area contributed by atoms with E-state index in [1.807, 2.05) is 0 Å². The normalized spacial score (nSPS) is 13.0. The van der Waals surface area contributed by atoms with Crippen LogP contribution >= 0.6 is 0 Å². The summed E-state index contributed by atoms with van der Waals surface area (Å²) in [6.45, 7) is 28.7. The van der Waals surface area contributed by atoms with Gasteiger partial charge in [0.1, 0.15) is 5.75 Å². The van der Waals surface area contributed by atoms with Crippen LogP contribution in [0.25, 0.3) is 0 Å². The summed E-state index contributed by atoms with van der Waals surface area (Å²) in [5.41, 5.74) is 1.63. The standard InChI is InChI=1S/C42H78O3/c1-13-15-17-19-21-23-25-27-29-44-35-31-34(41(9,10)32-39(3,4)5)37(43)36(42(11,12)33-40(6,7)8)38(35)45-30-28-26-24-22-20-18-16-14-2/h31,43H,13-30,32-33H2,1-12H3. The van der Waals surface area contributed by atoms with Gasteiger partial charge < -0.3 is 14.6 Å². The molecular weight excluding hydrogens is 552 g/mol. The molecule has 0 saturated heterocycles. The molecule has 45 heavy (non-hydrogen) atoms. The molecule has 0 atom stereocenters. The van der Waals surface area contributed by atoms with E-state index in [4.69, 9.17) is 9.47 Å². The van der Waals surface area contributed by atoms with Gasteiger partial charge in [0.05, 0.1) is 13.2 Å². The lowest BCUT2D eigenvalue weighted by Crippen LogP contribution is -2.29. The highest BCUT2D eigenvalue weighted by molar-refractivity contribution is 5.62. The van der Waals surface area contributed by atoms with E-state index in [2.05, 4.69) is 89.2 Å². The van der Waals surface area contributed by atoms with Crippen molar-refractivity contribution in [3.8, 4) is 17.2 Å². The molecule has 1 N–H and O–H groups in total. The Hall–Kier alpha value is -1.38. The summed E-state index contributed by atoms with van der Waals surface area (Å²) >= 11 is 0.